The predicted molar refractivity (Wildman–Crippen MR) is 102 cm³/mol. The number of ether oxygens (including phenoxy) is 1. The van der Waals surface area contributed by atoms with E-state index in [0.29, 0.717) is 34.1 Å². The molecule has 2 amide bonds. The van der Waals surface area contributed by atoms with Crippen LogP contribution in [0.1, 0.15) is 49.4 Å². The maximum Gasteiger partial charge on any atom is 0.255 e. The first kappa shape index (κ1) is 19.0. The lowest BCUT2D eigenvalue weighted by atomic mass is 9.82. The second-order valence-electron chi connectivity index (χ2n) is 7.26. The van der Waals surface area contributed by atoms with Crippen LogP contribution in [0.4, 0.5) is 5.69 Å². The van der Waals surface area contributed by atoms with Gasteiger partial charge in [-0.3, -0.25) is 9.59 Å². The van der Waals surface area contributed by atoms with E-state index >= 15 is 0 Å². The third-order valence-electron chi connectivity index (χ3n) is 5.52. The zero-order valence-corrected chi connectivity index (χ0v) is 16.2. The maximum atomic E-state index is 12.8. The molecule has 2 fully saturated rings. The van der Waals surface area contributed by atoms with E-state index < -0.39 is 0 Å². The summed E-state index contributed by atoms with van der Waals surface area (Å²) < 4.78 is 5.35. The summed E-state index contributed by atoms with van der Waals surface area (Å²) in [6.07, 6.45) is 5.60. The Bertz CT molecular complexity index is 696. The van der Waals surface area contributed by atoms with E-state index in [1.807, 2.05) is 0 Å². The van der Waals surface area contributed by atoms with Crippen LogP contribution in [0, 0.1) is 0 Å². The van der Waals surface area contributed by atoms with Crippen molar-refractivity contribution in [3.8, 4) is 5.75 Å². The van der Waals surface area contributed by atoms with Gasteiger partial charge in [0.1, 0.15) is 5.75 Å². The number of nitrogens with one attached hydrogen (secondary N) is 2. The Morgan fingerprint density at radius 2 is 1.88 bits per heavy atom. The number of fused-ring (bicyclic) bond motifs is 2. The fraction of sp³-hybridized carbons (Fsp3) is 0.579. The van der Waals surface area contributed by atoms with E-state index in [9.17, 15) is 9.59 Å². The van der Waals surface area contributed by atoms with E-state index in [0.717, 1.165) is 12.8 Å². The highest BCUT2D eigenvalue weighted by Gasteiger charge is 2.36. The molecule has 2 N–H and O–H groups in total. The van der Waals surface area contributed by atoms with E-state index in [4.69, 9.17) is 16.3 Å². The van der Waals surface area contributed by atoms with Gasteiger partial charge in [0.05, 0.1) is 23.4 Å². The third-order valence-corrected chi connectivity index (χ3v) is 5.83. The first-order valence-corrected chi connectivity index (χ1v) is 9.44. The van der Waals surface area contributed by atoms with Crippen molar-refractivity contribution < 1.29 is 14.3 Å². The van der Waals surface area contributed by atoms with E-state index in [1.54, 1.807) is 12.1 Å². The van der Waals surface area contributed by atoms with Gasteiger partial charge in [-0.2, -0.15) is 0 Å². The van der Waals surface area contributed by atoms with E-state index in [-0.39, 0.29) is 17.9 Å². The van der Waals surface area contributed by atoms with Crippen molar-refractivity contribution in [2.45, 2.75) is 57.2 Å². The number of halogens is 1. The Hall–Kier alpha value is -1.79. The van der Waals surface area contributed by atoms with Crippen molar-refractivity contribution in [3.63, 3.8) is 0 Å². The predicted octanol–water partition coefficient (Wildman–Crippen LogP) is 3.05. The molecule has 0 aliphatic carbocycles. The standard InChI is InChI=1S/C19H26ClN3O3/c1-11(24)21-17-10-18(26-3)15(9-16(17)20)19(25)22-12-7-13-5-4-6-14(8-12)23(13)2/h9-10,12-14H,4-8H2,1-3H3,(H,21,24)(H,22,25). The molecule has 2 heterocycles. The fourth-order valence-corrected chi connectivity index (χ4v) is 4.39. The lowest BCUT2D eigenvalue weighted by Gasteiger charge is -2.47. The molecule has 1 aromatic carbocycles. The molecule has 2 aliphatic heterocycles. The molecule has 1 aromatic rings. The SMILES string of the molecule is COc1cc(NC(C)=O)c(Cl)cc1C(=O)NC1CC2CCCC(C1)N2C. The summed E-state index contributed by atoms with van der Waals surface area (Å²) >= 11 is 6.23. The molecular formula is C19H26ClN3O3. The average molecular weight is 380 g/mol. The van der Waals surface area contributed by atoms with E-state index in [2.05, 4.69) is 22.6 Å². The zero-order valence-electron chi connectivity index (χ0n) is 15.5. The summed E-state index contributed by atoms with van der Waals surface area (Å²) in [7, 11) is 3.69. The topological polar surface area (TPSA) is 70.7 Å². The third kappa shape index (κ3) is 3.96. The van der Waals surface area contributed by atoms with Gasteiger partial charge in [0.15, 0.2) is 0 Å². The smallest absolute Gasteiger partial charge is 0.255 e. The molecule has 3 rings (SSSR count). The molecule has 0 spiro atoms. The number of carbonyl (C=O) groups is 2. The van der Waals surface area contributed by atoms with Crippen molar-refractivity contribution in [2.75, 3.05) is 19.5 Å². The lowest BCUT2D eigenvalue weighted by molar-refractivity contribution is -0.114. The summed E-state index contributed by atoms with van der Waals surface area (Å²) in [5, 5.41) is 6.11. The van der Waals surface area contributed by atoms with Crippen LogP contribution in [0.2, 0.25) is 5.02 Å². The summed E-state index contributed by atoms with van der Waals surface area (Å²) in [5.74, 6) is -0.0291. The van der Waals surface area contributed by atoms with Crippen LogP contribution in [-0.4, -0.2) is 49.0 Å². The van der Waals surface area contributed by atoms with Crippen LogP contribution in [0.15, 0.2) is 12.1 Å². The van der Waals surface area contributed by atoms with Gasteiger partial charge in [0, 0.05) is 31.1 Å². The molecule has 26 heavy (non-hydrogen) atoms. The van der Waals surface area contributed by atoms with E-state index in [1.165, 1.54) is 33.3 Å². The number of rotatable bonds is 4. The van der Waals surface area contributed by atoms with Crippen molar-refractivity contribution in [2.24, 2.45) is 0 Å². The molecule has 0 radical (unpaired) electrons. The largest absolute Gasteiger partial charge is 0.496 e. The van der Waals surface area contributed by atoms with Crippen molar-refractivity contribution >= 4 is 29.1 Å². The monoisotopic (exact) mass is 379 g/mol. The molecule has 2 bridgehead atoms. The second-order valence-corrected chi connectivity index (χ2v) is 7.67. The first-order valence-electron chi connectivity index (χ1n) is 9.07. The zero-order chi connectivity index (χ0) is 18.8. The van der Waals surface area contributed by atoms with Gasteiger partial charge >= 0.3 is 0 Å². The Morgan fingerprint density at radius 1 is 1.23 bits per heavy atom. The number of carbonyl (C=O) groups excluding carboxylic acids is 2. The maximum absolute atomic E-state index is 12.8. The normalized spacial score (nSPS) is 25.5. The van der Waals surface area contributed by atoms with Gasteiger partial charge in [0.2, 0.25) is 5.91 Å². The highest BCUT2D eigenvalue weighted by molar-refractivity contribution is 6.34. The van der Waals surface area contributed by atoms with Gasteiger partial charge in [-0.25, -0.2) is 0 Å². The van der Waals surface area contributed by atoms with Gasteiger partial charge in [-0.1, -0.05) is 18.0 Å². The first-order chi connectivity index (χ1) is 12.4. The minimum atomic E-state index is -0.232. The molecule has 0 saturated carbocycles. The Kier molecular flexibility index (Phi) is 5.73. The number of anilines is 1. The minimum Gasteiger partial charge on any atom is -0.496 e. The minimum absolute atomic E-state index is 0.160. The van der Waals surface area contributed by atoms with Gasteiger partial charge < -0.3 is 20.3 Å². The molecule has 2 aliphatic rings. The Labute approximate surface area is 159 Å². The Morgan fingerprint density at radius 3 is 2.46 bits per heavy atom. The second kappa shape index (κ2) is 7.84. The average Bonchev–Trinajstić information content (AvgIpc) is 2.56. The summed E-state index contributed by atoms with van der Waals surface area (Å²) in [6.45, 7) is 1.40. The van der Waals surface area contributed by atoms with Crippen LogP contribution in [0.5, 0.6) is 5.75 Å². The van der Waals surface area contributed by atoms with Crippen LogP contribution >= 0.6 is 11.6 Å². The number of methoxy groups -OCH3 is 1. The molecule has 6 nitrogen and oxygen atoms in total. The number of nitrogens with zero attached hydrogens (tertiary/aromatic N) is 1. The molecule has 2 atom stereocenters. The molecular weight excluding hydrogens is 354 g/mol. The number of piperidine rings is 2. The van der Waals surface area contributed by atoms with Crippen LogP contribution < -0.4 is 15.4 Å². The summed E-state index contributed by atoms with van der Waals surface area (Å²) in [6, 6.07) is 4.38. The van der Waals surface area contributed by atoms with Gasteiger partial charge in [0.25, 0.3) is 5.91 Å². The van der Waals surface area contributed by atoms with Crippen LogP contribution in [0.25, 0.3) is 0 Å². The molecule has 7 heteroatoms. The van der Waals surface area contributed by atoms with Crippen molar-refractivity contribution in [1.82, 2.24) is 10.2 Å². The highest BCUT2D eigenvalue weighted by atomic mass is 35.5. The number of amides is 2. The quantitative estimate of drug-likeness (QED) is 0.843. The van der Waals surface area contributed by atoms with Crippen molar-refractivity contribution in [3.05, 3.63) is 22.7 Å². The lowest BCUT2D eigenvalue weighted by Crippen LogP contribution is -2.55. The van der Waals surface area contributed by atoms with Crippen LogP contribution in [-0.2, 0) is 4.79 Å². The molecule has 2 unspecified atom stereocenters. The van der Waals surface area contributed by atoms with Gasteiger partial charge in [-0.15, -0.1) is 0 Å². The summed E-state index contributed by atoms with van der Waals surface area (Å²) in [5.41, 5.74) is 0.817. The van der Waals surface area contributed by atoms with Crippen molar-refractivity contribution in [1.29, 1.82) is 0 Å². The molecule has 0 aromatic heterocycles. The number of benzene rings is 1. The molecule has 2 saturated heterocycles. The Balaban J connectivity index is 1.75. The van der Waals surface area contributed by atoms with Gasteiger partial charge in [-0.05, 0) is 38.8 Å². The number of hydrogen-bond acceptors (Lipinski definition) is 4. The summed E-state index contributed by atoms with van der Waals surface area (Å²) in [4.78, 5) is 26.6. The number of hydrogen-bond donors (Lipinski definition) is 2. The molecule has 142 valence electrons. The van der Waals surface area contributed by atoms with Crippen LogP contribution in [0.3, 0.4) is 0 Å². The highest BCUT2D eigenvalue weighted by Crippen LogP contribution is 2.34. The fourth-order valence-electron chi connectivity index (χ4n) is 4.18.